The predicted molar refractivity (Wildman–Crippen MR) is 91.0 cm³/mol. The van der Waals surface area contributed by atoms with Crippen molar-refractivity contribution in [3.63, 3.8) is 0 Å². The molecular formula is C19H23NO3. The number of rotatable bonds is 8. The molecule has 2 aromatic carbocycles. The lowest BCUT2D eigenvalue weighted by Crippen LogP contribution is -2.29. The van der Waals surface area contributed by atoms with Crippen molar-refractivity contribution in [1.82, 2.24) is 5.32 Å². The van der Waals surface area contributed by atoms with Gasteiger partial charge in [-0.2, -0.15) is 0 Å². The van der Waals surface area contributed by atoms with Gasteiger partial charge in [0, 0.05) is 0 Å². The van der Waals surface area contributed by atoms with Crippen LogP contribution >= 0.6 is 0 Å². The summed E-state index contributed by atoms with van der Waals surface area (Å²) in [5, 5.41) is 2.87. The average Bonchev–Trinajstić information content (AvgIpc) is 2.59. The zero-order chi connectivity index (χ0) is 16.5. The van der Waals surface area contributed by atoms with E-state index in [1.807, 2.05) is 42.5 Å². The third kappa shape index (κ3) is 5.33. The summed E-state index contributed by atoms with van der Waals surface area (Å²) in [7, 11) is 1.62. The minimum Gasteiger partial charge on any atom is -0.497 e. The number of benzene rings is 2. The molecule has 23 heavy (non-hydrogen) atoms. The Morgan fingerprint density at radius 1 is 1.09 bits per heavy atom. The lowest BCUT2D eigenvalue weighted by molar-refractivity contribution is -0.120. The van der Waals surface area contributed by atoms with Crippen molar-refractivity contribution in [2.75, 3.05) is 20.3 Å². The molecule has 2 aromatic rings. The van der Waals surface area contributed by atoms with E-state index in [1.165, 1.54) is 5.56 Å². The maximum Gasteiger partial charge on any atom is 0.224 e. The predicted octanol–water partition coefficient (Wildman–Crippen LogP) is 3.00. The zero-order valence-electron chi connectivity index (χ0n) is 13.7. The van der Waals surface area contributed by atoms with Gasteiger partial charge in [-0.25, -0.2) is 0 Å². The first-order valence-electron chi connectivity index (χ1n) is 7.83. The van der Waals surface area contributed by atoms with Crippen LogP contribution in [0, 0.1) is 0 Å². The molecule has 4 nitrogen and oxygen atoms in total. The molecule has 1 N–H and O–H groups in total. The normalized spacial score (nSPS) is 10.2. The maximum atomic E-state index is 11.9. The van der Waals surface area contributed by atoms with E-state index in [1.54, 1.807) is 7.11 Å². The van der Waals surface area contributed by atoms with Gasteiger partial charge in [-0.15, -0.1) is 0 Å². The number of aryl methyl sites for hydroxylation is 1. The number of carbonyl (C=O) groups excluding carboxylic acids is 1. The number of para-hydroxylation sites is 1. The van der Waals surface area contributed by atoms with Gasteiger partial charge >= 0.3 is 0 Å². The number of amides is 1. The Morgan fingerprint density at radius 2 is 1.83 bits per heavy atom. The second kappa shape index (κ2) is 8.83. The van der Waals surface area contributed by atoms with Crippen molar-refractivity contribution in [2.45, 2.75) is 19.8 Å². The molecule has 0 aliphatic heterocycles. The molecule has 0 unspecified atom stereocenters. The molecule has 0 atom stereocenters. The van der Waals surface area contributed by atoms with E-state index in [4.69, 9.17) is 9.47 Å². The third-order valence-corrected chi connectivity index (χ3v) is 3.56. The molecule has 0 aromatic heterocycles. The third-order valence-electron chi connectivity index (χ3n) is 3.56. The monoisotopic (exact) mass is 313 g/mol. The first-order valence-corrected chi connectivity index (χ1v) is 7.83. The molecule has 0 aliphatic carbocycles. The second-order valence-corrected chi connectivity index (χ2v) is 5.18. The van der Waals surface area contributed by atoms with Crippen LogP contribution in [0.5, 0.6) is 11.5 Å². The first-order chi connectivity index (χ1) is 11.2. The van der Waals surface area contributed by atoms with E-state index in [2.05, 4.69) is 18.3 Å². The van der Waals surface area contributed by atoms with E-state index >= 15 is 0 Å². The SMILES string of the molecule is CCc1ccccc1OCCNC(=O)Cc1ccc(OC)cc1. The first kappa shape index (κ1) is 16.9. The molecule has 0 bridgehead atoms. The summed E-state index contributed by atoms with van der Waals surface area (Å²) >= 11 is 0. The summed E-state index contributed by atoms with van der Waals surface area (Å²) in [4.78, 5) is 11.9. The molecule has 0 heterocycles. The van der Waals surface area contributed by atoms with Gasteiger partial charge in [0.05, 0.1) is 20.1 Å². The molecule has 0 saturated heterocycles. The topological polar surface area (TPSA) is 47.6 Å². The smallest absolute Gasteiger partial charge is 0.224 e. The number of carbonyl (C=O) groups is 1. The van der Waals surface area contributed by atoms with Crippen molar-refractivity contribution in [3.8, 4) is 11.5 Å². The van der Waals surface area contributed by atoms with Crippen molar-refractivity contribution < 1.29 is 14.3 Å². The highest BCUT2D eigenvalue weighted by Gasteiger charge is 2.04. The summed E-state index contributed by atoms with van der Waals surface area (Å²) < 4.78 is 10.8. The van der Waals surface area contributed by atoms with Crippen molar-refractivity contribution in [2.24, 2.45) is 0 Å². The van der Waals surface area contributed by atoms with Crippen LogP contribution in [-0.2, 0) is 17.6 Å². The zero-order valence-corrected chi connectivity index (χ0v) is 13.7. The molecule has 0 spiro atoms. The molecule has 0 aliphatic rings. The van der Waals surface area contributed by atoms with Gasteiger partial charge in [0.1, 0.15) is 18.1 Å². The van der Waals surface area contributed by atoms with E-state index in [0.29, 0.717) is 19.6 Å². The minimum absolute atomic E-state index is 0.0115. The number of hydrogen-bond acceptors (Lipinski definition) is 3. The lowest BCUT2D eigenvalue weighted by atomic mass is 10.1. The van der Waals surface area contributed by atoms with E-state index in [9.17, 15) is 4.79 Å². The Balaban J connectivity index is 1.72. The lowest BCUT2D eigenvalue weighted by Gasteiger charge is -2.11. The molecule has 0 saturated carbocycles. The van der Waals surface area contributed by atoms with Gasteiger partial charge < -0.3 is 14.8 Å². The Kier molecular flexibility index (Phi) is 6.48. The van der Waals surface area contributed by atoms with E-state index in [-0.39, 0.29) is 5.91 Å². The van der Waals surface area contributed by atoms with Gasteiger partial charge in [0.25, 0.3) is 0 Å². The average molecular weight is 313 g/mol. The maximum absolute atomic E-state index is 11.9. The largest absolute Gasteiger partial charge is 0.497 e. The summed E-state index contributed by atoms with van der Waals surface area (Å²) in [6.45, 7) is 3.05. The highest BCUT2D eigenvalue weighted by Crippen LogP contribution is 2.17. The quantitative estimate of drug-likeness (QED) is 0.762. The van der Waals surface area contributed by atoms with Gasteiger partial charge in [-0.1, -0.05) is 37.3 Å². The van der Waals surface area contributed by atoms with Crippen LogP contribution < -0.4 is 14.8 Å². The fourth-order valence-electron chi connectivity index (χ4n) is 2.28. The molecule has 0 fully saturated rings. The van der Waals surface area contributed by atoms with Crippen LogP contribution in [0.4, 0.5) is 0 Å². The Morgan fingerprint density at radius 3 is 2.52 bits per heavy atom. The fourth-order valence-corrected chi connectivity index (χ4v) is 2.28. The Labute approximate surface area is 137 Å². The van der Waals surface area contributed by atoms with Crippen LogP contribution in [-0.4, -0.2) is 26.2 Å². The van der Waals surface area contributed by atoms with Gasteiger partial charge in [-0.3, -0.25) is 4.79 Å². The van der Waals surface area contributed by atoms with Gasteiger partial charge in [-0.05, 0) is 35.7 Å². The van der Waals surface area contributed by atoms with Crippen LogP contribution in [0.15, 0.2) is 48.5 Å². The number of hydrogen-bond donors (Lipinski definition) is 1. The highest BCUT2D eigenvalue weighted by molar-refractivity contribution is 5.78. The number of nitrogens with one attached hydrogen (secondary N) is 1. The van der Waals surface area contributed by atoms with Crippen LogP contribution in [0.2, 0.25) is 0 Å². The van der Waals surface area contributed by atoms with Crippen LogP contribution in [0.1, 0.15) is 18.1 Å². The molecule has 0 radical (unpaired) electrons. The molecule has 1 amide bonds. The standard InChI is InChI=1S/C19H23NO3/c1-3-16-6-4-5-7-18(16)23-13-12-20-19(21)14-15-8-10-17(22-2)11-9-15/h4-11H,3,12-14H2,1-2H3,(H,20,21). The van der Waals surface area contributed by atoms with Crippen molar-refractivity contribution in [1.29, 1.82) is 0 Å². The van der Waals surface area contributed by atoms with Crippen molar-refractivity contribution in [3.05, 3.63) is 59.7 Å². The van der Waals surface area contributed by atoms with Crippen LogP contribution in [0.3, 0.4) is 0 Å². The van der Waals surface area contributed by atoms with Crippen LogP contribution in [0.25, 0.3) is 0 Å². The van der Waals surface area contributed by atoms with E-state index in [0.717, 1.165) is 23.5 Å². The molecular weight excluding hydrogens is 290 g/mol. The summed E-state index contributed by atoms with van der Waals surface area (Å²) in [6.07, 6.45) is 1.29. The molecule has 122 valence electrons. The highest BCUT2D eigenvalue weighted by atomic mass is 16.5. The Bertz CT molecular complexity index is 623. The Hall–Kier alpha value is -2.49. The summed E-state index contributed by atoms with van der Waals surface area (Å²) in [5.74, 6) is 1.67. The van der Waals surface area contributed by atoms with E-state index < -0.39 is 0 Å². The number of ether oxygens (including phenoxy) is 2. The van der Waals surface area contributed by atoms with Crippen molar-refractivity contribution >= 4 is 5.91 Å². The summed E-state index contributed by atoms with van der Waals surface area (Å²) in [6, 6.07) is 15.5. The number of methoxy groups -OCH3 is 1. The molecule has 2 rings (SSSR count). The minimum atomic E-state index is -0.0115. The second-order valence-electron chi connectivity index (χ2n) is 5.18. The summed E-state index contributed by atoms with van der Waals surface area (Å²) in [5.41, 5.74) is 2.14. The van der Waals surface area contributed by atoms with Gasteiger partial charge in [0.15, 0.2) is 0 Å². The fraction of sp³-hybridized carbons (Fsp3) is 0.316. The molecule has 4 heteroatoms. The van der Waals surface area contributed by atoms with Gasteiger partial charge in [0.2, 0.25) is 5.91 Å².